The molecular weight excluding hydrogens is 738 g/mol. The van der Waals surface area contributed by atoms with E-state index in [1.165, 1.54) is 30.8 Å². The third kappa shape index (κ3) is 10.7. The van der Waals surface area contributed by atoms with Crippen molar-refractivity contribution in [3.63, 3.8) is 0 Å². The molecule has 8 atom stereocenters. The quantitative estimate of drug-likeness (QED) is 0.349. The van der Waals surface area contributed by atoms with E-state index < -0.39 is 16.9 Å². The van der Waals surface area contributed by atoms with Crippen molar-refractivity contribution < 1.29 is 28.0 Å². The Morgan fingerprint density at radius 1 is 1.07 bits per heavy atom. The van der Waals surface area contributed by atoms with Gasteiger partial charge in [0.15, 0.2) is 11.6 Å². The number of anilines is 1. The molecule has 1 aromatic carbocycles. The molecule has 2 bridgehead atoms. The van der Waals surface area contributed by atoms with E-state index in [0.717, 1.165) is 63.4 Å². The maximum atomic E-state index is 13.5. The Kier molecular flexibility index (Phi) is 15.4. The SMILES string of the molecule is CCCc1cc(Cl)ccc1C1COc2ccc3nc2N(C1)CC1CCC1C(OC)/C=C/CC(C)C(CCOC)S(=O)NC3=O.CN1CCN2CCOCC2C1. The monoisotopic (exact) mass is 799 g/mol. The highest BCUT2D eigenvalue weighted by Crippen LogP contribution is 2.42. The first-order valence-corrected chi connectivity index (χ1v) is 21.8. The molecule has 7 rings (SSSR count). The minimum Gasteiger partial charge on any atom is -0.489 e. The van der Waals surface area contributed by atoms with Crippen LogP contribution >= 0.6 is 11.6 Å². The van der Waals surface area contributed by atoms with Crippen molar-refractivity contribution in [3.8, 4) is 5.75 Å². The van der Waals surface area contributed by atoms with Gasteiger partial charge in [0.05, 0.1) is 31.2 Å². The molecule has 4 aliphatic heterocycles. The molecule has 13 heteroatoms. The summed E-state index contributed by atoms with van der Waals surface area (Å²) < 4.78 is 39.4. The van der Waals surface area contributed by atoms with Gasteiger partial charge in [0.2, 0.25) is 0 Å². The Balaban J connectivity index is 0.000000397. The van der Waals surface area contributed by atoms with Crippen molar-refractivity contribution in [2.24, 2.45) is 17.8 Å². The number of hydrogen-bond acceptors (Lipinski definition) is 10. The second kappa shape index (κ2) is 20.2. The Morgan fingerprint density at radius 2 is 1.93 bits per heavy atom. The van der Waals surface area contributed by atoms with Gasteiger partial charge in [-0.25, -0.2) is 9.19 Å². The van der Waals surface area contributed by atoms with E-state index in [4.69, 9.17) is 35.5 Å². The lowest BCUT2D eigenvalue weighted by Crippen LogP contribution is -2.56. The molecular formula is C42H62ClN5O6S. The predicted molar refractivity (Wildman–Crippen MR) is 220 cm³/mol. The lowest BCUT2D eigenvalue weighted by atomic mass is 9.70. The van der Waals surface area contributed by atoms with Crippen LogP contribution in [0, 0.1) is 17.8 Å². The Morgan fingerprint density at radius 3 is 2.69 bits per heavy atom. The number of methoxy groups -OCH3 is 2. The number of rotatable bonds is 7. The first-order chi connectivity index (χ1) is 26.7. The van der Waals surface area contributed by atoms with Crippen LogP contribution in [-0.4, -0.2) is 129 Å². The van der Waals surface area contributed by atoms with Crippen molar-refractivity contribution in [1.29, 1.82) is 0 Å². The highest BCUT2D eigenvalue weighted by molar-refractivity contribution is 7.84. The van der Waals surface area contributed by atoms with Crippen LogP contribution in [-0.2, 0) is 31.6 Å². The van der Waals surface area contributed by atoms with Crippen LogP contribution < -0.4 is 14.4 Å². The first kappa shape index (κ1) is 42.0. The summed E-state index contributed by atoms with van der Waals surface area (Å²) in [6.45, 7) is 13.3. The van der Waals surface area contributed by atoms with E-state index in [0.29, 0.717) is 55.6 Å². The summed E-state index contributed by atoms with van der Waals surface area (Å²) in [4.78, 5) is 25.6. The van der Waals surface area contributed by atoms with Crippen LogP contribution in [0.3, 0.4) is 0 Å². The number of benzene rings is 1. The molecule has 2 saturated heterocycles. The largest absolute Gasteiger partial charge is 0.489 e. The second-order valence-corrected chi connectivity index (χ2v) is 17.8. The van der Waals surface area contributed by atoms with Crippen LogP contribution in [0.2, 0.25) is 5.02 Å². The summed E-state index contributed by atoms with van der Waals surface area (Å²) in [5.74, 6) is 1.80. The minimum atomic E-state index is -1.62. The Hall–Kier alpha value is -2.58. The standard InChI is InChI=1S/C34H46ClN3O5S.C8H16N2O/c1-5-7-23-18-26(35)11-13-27(23)25-20-38-19-24-10-12-28(24)30(42-4)9-6-8-22(2)32(16-17-41-3)44(40)37-34(39)29-14-15-31(43-21-25)33(38)36-29;1-9-2-3-10-4-5-11-7-8(10)6-9/h6,9,11,13-15,18,22,24-25,28,30,32H,5,7-8,10,12,16-17,19-21H2,1-4H3,(H,37,39);8H,2-7H2,1H3/b9-6+;. The molecule has 5 heterocycles. The predicted octanol–water partition coefficient (Wildman–Crippen LogP) is 5.74. The summed E-state index contributed by atoms with van der Waals surface area (Å²) in [5.41, 5.74) is 2.71. The number of ether oxygens (including phenoxy) is 4. The smallest absolute Gasteiger partial charge is 0.281 e. The third-order valence-corrected chi connectivity index (χ3v) is 14.0. The molecule has 1 aromatic heterocycles. The highest BCUT2D eigenvalue weighted by Gasteiger charge is 2.39. The van der Waals surface area contributed by atoms with Crippen molar-refractivity contribution in [1.82, 2.24) is 19.5 Å². The molecule has 3 fully saturated rings. The normalized spacial score (nSPS) is 30.9. The van der Waals surface area contributed by atoms with Gasteiger partial charge in [0, 0.05) is 77.1 Å². The zero-order valence-electron chi connectivity index (χ0n) is 33.4. The summed E-state index contributed by atoms with van der Waals surface area (Å²) in [6, 6.07) is 10.3. The van der Waals surface area contributed by atoms with E-state index in [9.17, 15) is 9.00 Å². The molecule has 11 nitrogen and oxygen atoms in total. The van der Waals surface area contributed by atoms with E-state index in [2.05, 4.69) is 64.6 Å². The van der Waals surface area contributed by atoms with Crippen molar-refractivity contribution in [2.75, 3.05) is 91.9 Å². The number of hydrogen-bond donors (Lipinski definition) is 1. The fourth-order valence-corrected chi connectivity index (χ4v) is 10.3. The number of carbonyl (C=O) groups is 1. The Bertz CT molecular complexity index is 1630. The Labute approximate surface area is 336 Å². The second-order valence-electron chi connectivity index (χ2n) is 15.9. The van der Waals surface area contributed by atoms with Gasteiger partial charge >= 0.3 is 0 Å². The van der Waals surface area contributed by atoms with Gasteiger partial charge in [-0.05, 0) is 92.3 Å². The topological polar surface area (TPSA) is 106 Å². The summed E-state index contributed by atoms with van der Waals surface area (Å²) in [7, 11) is 3.99. The van der Waals surface area contributed by atoms with Gasteiger partial charge in [-0.15, -0.1) is 0 Å². The number of likely N-dealkylation sites (N-methyl/N-ethyl adjacent to an activating group) is 1. The molecule has 1 amide bonds. The number of pyridine rings is 1. The van der Waals surface area contributed by atoms with Crippen molar-refractivity contribution in [2.45, 2.75) is 75.7 Å². The number of allylic oxidation sites excluding steroid dienone is 1. The number of morpholine rings is 1. The maximum Gasteiger partial charge on any atom is 0.281 e. The number of nitrogens with one attached hydrogen (secondary N) is 1. The molecule has 2 aromatic rings. The van der Waals surface area contributed by atoms with E-state index >= 15 is 0 Å². The third-order valence-electron chi connectivity index (χ3n) is 12.1. The van der Waals surface area contributed by atoms with Crippen LogP contribution in [0.1, 0.15) is 73.5 Å². The number of piperazine rings is 1. The van der Waals surface area contributed by atoms with Gasteiger partial charge in [0.1, 0.15) is 16.7 Å². The van der Waals surface area contributed by atoms with E-state index in [1.54, 1.807) is 20.3 Å². The molecule has 0 spiro atoms. The number of amides is 1. The number of nitrogens with zero attached hydrogens (tertiary/aromatic N) is 4. The van der Waals surface area contributed by atoms with Crippen LogP contribution in [0.15, 0.2) is 42.5 Å². The average Bonchev–Trinajstić information content (AvgIpc) is 3.35. The molecule has 1 N–H and O–H groups in total. The molecule has 1 aliphatic carbocycles. The average molecular weight is 801 g/mol. The number of halogens is 1. The summed E-state index contributed by atoms with van der Waals surface area (Å²) >= 11 is 6.41. The number of fused-ring (bicyclic) bond motifs is 3. The number of aryl methyl sites for hydroxylation is 1. The lowest BCUT2D eigenvalue weighted by molar-refractivity contribution is -0.0397. The van der Waals surface area contributed by atoms with Gasteiger partial charge in [-0.2, -0.15) is 0 Å². The van der Waals surface area contributed by atoms with Crippen LogP contribution in [0.5, 0.6) is 5.75 Å². The lowest BCUT2D eigenvalue weighted by Gasteiger charge is -2.43. The molecule has 304 valence electrons. The molecule has 1 saturated carbocycles. The van der Waals surface area contributed by atoms with Crippen molar-refractivity contribution >= 4 is 34.3 Å². The summed E-state index contributed by atoms with van der Waals surface area (Å²) in [6.07, 6.45) is 9.80. The zero-order chi connectivity index (χ0) is 38.9. The summed E-state index contributed by atoms with van der Waals surface area (Å²) in [5, 5.41) is 0.469. The fourth-order valence-electron chi connectivity index (χ4n) is 8.77. The fraction of sp³-hybridized carbons (Fsp3) is 0.667. The van der Waals surface area contributed by atoms with Gasteiger partial charge in [-0.3, -0.25) is 14.4 Å². The molecule has 0 radical (unpaired) electrons. The van der Waals surface area contributed by atoms with Gasteiger partial charge in [0.25, 0.3) is 5.91 Å². The van der Waals surface area contributed by atoms with E-state index in [1.807, 2.05) is 12.1 Å². The highest BCUT2D eigenvalue weighted by atomic mass is 35.5. The zero-order valence-corrected chi connectivity index (χ0v) is 35.0. The first-order valence-electron chi connectivity index (χ1n) is 20.3. The molecule has 8 unspecified atom stereocenters. The van der Waals surface area contributed by atoms with Crippen molar-refractivity contribution in [3.05, 3.63) is 64.3 Å². The minimum absolute atomic E-state index is 0.00157. The van der Waals surface area contributed by atoms with Crippen LogP contribution in [0.25, 0.3) is 0 Å². The number of carbonyl (C=O) groups excluding carboxylic acids is 1. The van der Waals surface area contributed by atoms with Crippen LogP contribution in [0.4, 0.5) is 5.82 Å². The number of aromatic nitrogens is 1. The molecule has 5 aliphatic rings. The van der Waals surface area contributed by atoms with Gasteiger partial charge in [-0.1, -0.05) is 50.1 Å². The van der Waals surface area contributed by atoms with Gasteiger partial charge < -0.3 is 28.7 Å². The maximum absolute atomic E-state index is 13.5. The molecule has 55 heavy (non-hydrogen) atoms. The van der Waals surface area contributed by atoms with E-state index in [-0.39, 0.29) is 28.9 Å².